The van der Waals surface area contributed by atoms with Crippen molar-refractivity contribution in [3.63, 3.8) is 0 Å². The Bertz CT molecular complexity index is 6020. The van der Waals surface area contributed by atoms with Gasteiger partial charge in [0.15, 0.2) is 0 Å². The van der Waals surface area contributed by atoms with Crippen molar-refractivity contribution < 1.29 is 26.3 Å². The van der Waals surface area contributed by atoms with Crippen molar-refractivity contribution in [2.24, 2.45) is 5.92 Å². The SMILES string of the molecule is CC1C=Cc2c(ccc3c2c2ccccc2n3-c2c(-c3cc(C(F)(F)F)cc(C(F)(F)F)c3)c(-n3c4ccccc4c4c5ccccc5ccc43)c(-n3c4ccccc4c4c5ccccc5ccc43)c(C#N)c2-n2c3c(c4c5ccccc5ccc42)C(C)CC=C3)C1. The van der Waals surface area contributed by atoms with Gasteiger partial charge in [-0.25, -0.2) is 0 Å². The second-order valence-electron chi connectivity index (χ2n) is 24.9. The molecule has 0 bridgehead atoms. The number of allylic oxidation sites excluding steroid dienone is 2. The minimum Gasteiger partial charge on any atom is -0.306 e. The number of benzene rings is 12. The zero-order valence-electron chi connectivity index (χ0n) is 49.6. The Balaban J connectivity index is 1.21. The number of para-hydroxylation sites is 3. The molecule has 11 heteroatoms. The fraction of sp³-hybridized carbons (Fsp3) is 0.0988. The zero-order valence-corrected chi connectivity index (χ0v) is 49.6. The number of alkyl halides is 6. The van der Waals surface area contributed by atoms with Crippen LogP contribution in [0.25, 0.3) is 155 Å². The number of rotatable bonds is 5. The number of hydrogen-bond donors (Lipinski definition) is 0. The molecule has 4 aromatic heterocycles. The van der Waals surface area contributed by atoms with Gasteiger partial charge in [0.1, 0.15) is 11.6 Å². The predicted molar refractivity (Wildman–Crippen MR) is 363 cm³/mol. The van der Waals surface area contributed by atoms with Crippen LogP contribution >= 0.6 is 0 Å². The van der Waals surface area contributed by atoms with Gasteiger partial charge in [0.25, 0.3) is 0 Å². The molecule has 0 amide bonds. The molecular formula is C81H51F6N5. The normalized spacial score (nSPS) is 15.2. The molecule has 92 heavy (non-hydrogen) atoms. The third-order valence-electron chi connectivity index (χ3n) is 19.7. The summed E-state index contributed by atoms with van der Waals surface area (Å²) in [5, 5.41) is 24.8. The molecule has 0 saturated carbocycles. The maximum Gasteiger partial charge on any atom is 0.416 e. The van der Waals surface area contributed by atoms with Crippen LogP contribution in [0, 0.1) is 17.2 Å². The Kier molecular flexibility index (Phi) is 11.4. The fourth-order valence-electron chi connectivity index (χ4n) is 15.9. The van der Waals surface area contributed by atoms with Gasteiger partial charge in [0, 0.05) is 43.3 Å². The van der Waals surface area contributed by atoms with Gasteiger partial charge in [-0.3, -0.25) is 0 Å². The topological polar surface area (TPSA) is 43.5 Å². The second-order valence-corrected chi connectivity index (χ2v) is 24.9. The molecule has 442 valence electrons. The third kappa shape index (κ3) is 7.55. The molecule has 16 aromatic rings. The summed E-state index contributed by atoms with van der Waals surface area (Å²) < 4.78 is 106. The van der Waals surface area contributed by atoms with E-state index in [0.717, 1.165) is 111 Å². The van der Waals surface area contributed by atoms with Crippen molar-refractivity contribution in [1.29, 1.82) is 5.26 Å². The van der Waals surface area contributed by atoms with Crippen molar-refractivity contribution in [3.05, 3.63) is 264 Å². The monoisotopic (exact) mass is 1210 g/mol. The molecule has 2 atom stereocenters. The van der Waals surface area contributed by atoms with Gasteiger partial charge < -0.3 is 18.3 Å². The van der Waals surface area contributed by atoms with Crippen molar-refractivity contribution in [2.75, 3.05) is 0 Å². The highest BCUT2D eigenvalue weighted by atomic mass is 19.4. The molecule has 4 heterocycles. The van der Waals surface area contributed by atoms with E-state index in [2.05, 4.69) is 89.8 Å². The summed E-state index contributed by atoms with van der Waals surface area (Å²) in [5.41, 5.74) is 6.13. The first-order chi connectivity index (χ1) is 44.7. The fourth-order valence-corrected chi connectivity index (χ4v) is 15.9. The van der Waals surface area contributed by atoms with Gasteiger partial charge in [0.05, 0.1) is 78.2 Å². The molecule has 18 rings (SSSR count). The number of nitriles is 1. The minimum atomic E-state index is -5.26. The Morgan fingerprint density at radius 2 is 0.848 bits per heavy atom. The molecule has 0 saturated heterocycles. The van der Waals surface area contributed by atoms with Gasteiger partial charge in [-0.1, -0.05) is 184 Å². The Morgan fingerprint density at radius 1 is 0.424 bits per heavy atom. The summed E-state index contributed by atoms with van der Waals surface area (Å²) in [6, 6.07) is 69.1. The standard InChI is InChI=1S/C81H51F6N5/c1-45-30-35-57-50(40-45)34-39-68-74(57)60-25-11-14-28-64(60)91(68)79-71(51-41-52(80(82,83)84)43-53(42-51)81(85,86)87)78(90-63-27-13-10-24-59(63)73-55-21-7-4-18-48(55)32-37-67(73)90)76(89-62-26-12-9-23-58(62)72-54-20-6-3-17-47(54)31-36-66(72)89)61(44-88)77(79)92-65-29-15-16-46(2)70(65)75-56-22-8-5-19-49(56)33-38-69(75)92/h3-15,17-39,41-43,45-46H,16,40H2,1-2H3. The van der Waals surface area contributed by atoms with Gasteiger partial charge in [-0.15, -0.1) is 0 Å². The van der Waals surface area contributed by atoms with Gasteiger partial charge in [-0.05, 0) is 146 Å². The predicted octanol–water partition coefficient (Wildman–Crippen LogP) is 22.7. The van der Waals surface area contributed by atoms with Crippen LogP contribution in [0.2, 0.25) is 0 Å². The van der Waals surface area contributed by atoms with Crippen molar-refractivity contribution >= 4 is 121 Å². The Morgan fingerprint density at radius 3 is 1.36 bits per heavy atom. The molecule has 0 N–H and O–H groups in total. The van der Waals surface area contributed by atoms with Crippen molar-refractivity contribution in [2.45, 2.75) is 45.0 Å². The number of aromatic nitrogens is 4. The average molecular weight is 1210 g/mol. The Labute approximate surface area is 522 Å². The summed E-state index contributed by atoms with van der Waals surface area (Å²) >= 11 is 0. The second kappa shape index (κ2) is 19.5. The van der Waals surface area contributed by atoms with Crippen LogP contribution in [-0.4, -0.2) is 18.3 Å². The molecule has 2 unspecified atom stereocenters. The van der Waals surface area contributed by atoms with E-state index in [1.165, 1.54) is 0 Å². The smallest absolute Gasteiger partial charge is 0.306 e. The van der Waals surface area contributed by atoms with E-state index in [1.54, 1.807) is 0 Å². The molecule has 0 aliphatic heterocycles. The summed E-state index contributed by atoms with van der Waals surface area (Å²) in [6.07, 6.45) is -0.566. The van der Waals surface area contributed by atoms with E-state index in [0.29, 0.717) is 45.0 Å². The Hall–Kier alpha value is -11.1. The molecule has 0 fully saturated rings. The maximum absolute atomic E-state index is 16.3. The van der Waals surface area contributed by atoms with Crippen LogP contribution in [0.15, 0.2) is 224 Å². The first-order valence-corrected chi connectivity index (χ1v) is 31.0. The number of hydrogen-bond acceptors (Lipinski definition) is 1. The summed E-state index contributed by atoms with van der Waals surface area (Å²) in [6.45, 7) is 4.35. The molecule has 12 aromatic carbocycles. The van der Waals surface area contributed by atoms with E-state index < -0.39 is 23.5 Å². The lowest BCUT2D eigenvalue weighted by Gasteiger charge is -2.30. The lowest BCUT2D eigenvalue weighted by Crippen LogP contribution is -2.18. The highest BCUT2D eigenvalue weighted by Gasteiger charge is 2.41. The average Bonchev–Trinajstić information content (AvgIpc) is 1.44. The first-order valence-electron chi connectivity index (χ1n) is 31.0. The summed E-state index contributed by atoms with van der Waals surface area (Å²) in [5.74, 6) is 0.159. The van der Waals surface area contributed by atoms with Gasteiger partial charge in [-0.2, -0.15) is 31.6 Å². The van der Waals surface area contributed by atoms with E-state index in [9.17, 15) is 5.26 Å². The first kappa shape index (κ1) is 53.9. The van der Waals surface area contributed by atoms with Crippen LogP contribution in [-0.2, 0) is 18.8 Å². The summed E-state index contributed by atoms with van der Waals surface area (Å²) in [7, 11) is 0. The van der Waals surface area contributed by atoms with Crippen LogP contribution in [0.1, 0.15) is 65.3 Å². The van der Waals surface area contributed by atoms with Crippen molar-refractivity contribution in [1.82, 2.24) is 18.3 Å². The van der Waals surface area contributed by atoms with E-state index in [-0.39, 0.29) is 57.3 Å². The van der Waals surface area contributed by atoms with Crippen LogP contribution < -0.4 is 0 Å². The molecule has 5 nitrogen and oxygen atoms in total. The highest BCUT2D eigenvalue weighted by molar-refractivity contribution is 6.25. The molecule has 2 aliphatic rings. The maximum atomic E-state index is 16.3. The van der Waals surface area contributed by atoms with E-state index >= 15 is 26.3 Å². The van der Waals surface area contributed by atoms with Crippen LogP contribution in [0.5, 0.6) is 0 Å². The van der Waals surface area contributed by atoms with Gasteiger partial charge in [0.2, 0.25) is 0 Å². The molecule has 2 aliphatic carbocycles. The molecular weight excluding hydrogens is 1160 g/mol. The van der Waals surface area contributed by atoms with Crippen LogP contribution in [0.4, 0.5) is 26.3 Å². The number of nitrogens with zero attached hydrogens (tertiary/aromatic N) is 5. The largest absolute Gasteiger partial charge is 0.416 e. The summed E-state index contributed by atoms with van der Waals surface area (Å²) in [4.78, 5) is 0. The highest BCUT2D eigenvalue weighted by Crippen LogP contribution is 2.55. The van der Waals surface area contributed by atoms with E-state index in [4.69, 9.17) is 0 Å². The number of fused-ring (bicyclic) bond motifs is 20. The van der Waals surface area contributed by atoms with Crippen molar-refractivity contribution in [3.8, 4) is 39.9 Å². The molecule has 0 spiro atoms. The lowest BCUT2D eigenvalue weighted by molar-refractivity contribution is -0.143. The molecule has 0 radical (unpaired) electrons. The van der Waals surface area contributed by atoms with Crippen LogP contribution in [0.3, 0.4) is 0 Å². The zero-order chi connectivity index (χ0) is 62.2. The minimum absolute atomic E-state index is 0.0295. The van der Waals surface area contributed by atoms with Gasteiger partial charge >= 0.3 is 12.4 Å². The van der Waals surface area contributed by atoms with E-state index in [1.807, 2.05) is 167 Å². The number of halogens is 6. The third-order valence-corrected chi connectivity index (χ3v) is 19.7. The quantitative estimate of drug-likeness (QED) is 0.158. The lowest BCUT2D eigenvalue weighted by atomic mass is 9.88.